The standard InChI is InChI=1S/C22H12N2O8S2/c25-19-18(34-22(33)23(19)14-2-1-3-15(9-14)24(30)31)10-16-4-5-17(32-16)11-6-12(20(26)27)8-13(7-11)21(28)29/h1-10H,(H,26,27)(H,28,29). The van der Waals surface area contributed by atoms with Gasteiger partial charge in [0, 0.05) is 23.8 Å². The Morgan fingerprint density at radius 3 is 2.35 bits per heavy atom. The number of hydrogen-bond acceptors (Lipinski definition) is 8. The number of carboxylic acids is 2. The molecule has 0 bridgehead atoms. The zero-order valence-electron chi connectivity index (χ0n) is 16.8. The quantitative estimate of drug-likeness (QED) is 0.213. The summed E-state index contributed by atoms with van der Waals surface area (Å²) < 4.78 is 5.88. The first-order chi connectivity index (χ1) is 16.1. The van der Waals surface area contributed by atoms with Crippen LogP contribution in [0.15, 0.2) is 63.9 Å². The highest BCUT2D eigenvalue weighted by Crippen LogP contribution is 2.37. The number of nitro groups is 1. The topological polar surface area (TPSA) is 151 Å². The zero-order valence-corrected chi connectivity index (χ0v) is 18.5. The van der Waals surface area contributed by atoms with Gasteiger partial charge in [0.1, 0.15) is 11.5 Å². The molecule has 34 heavy (non-hydrogen) atoms. The fourth-order valence-corrected chi connectivity index (χ4v) is 4.45. The van der Waals surface area contributed by atoms with Crippen LogP contribution < -0.4 is 4.90 Å². The molecule has 1 aliphatic rings. The Morgan fingerprint density at radius 2 is 1.74 bits per heavy atom. The number of carboxylic acid groups (broad SMARTS) is 2. The van der Waals surface area contributed by atoms with E-state index in [1.165, 1.54) is 59.5 Å². The molecule has 2 aromatic carbocycles. The van der Waals surface area contributed by atoms with Crippen molar-refractivity contribution in [1.29, 1.82) is 0 Å². The summed E-state index contributed by atoms with van der Waals surface area (Å²) in [4.78, 5) is 47.5. The maximum Gasteiger partial charge on any atom is 0.335 e. The molecule has 170 valence electrons. The van der Waals surface area contributed by atoms with Gasteiger partial charge < -0.3 is 14.6 Å². The van der Waals surface area contributed by atoms with Gasteiger partial charge in [-0.2, -0.15) is 0 Å². The number of benzene rings is 2. The molecular weight excluding hydrogens is 484 g/mol. The van der Waals surface area contributed by atoms with E-state index in [1.807, 2.05) is 0 Å². The maximum absolute atomic E-state index is 12.9. The summed E-state index contributed by atoms with van der Waals surface area (Å²) in [5.41, 5.74) is -0.125. The van der Waals surface area contributed by atoms with Crippen molar-refractivity contribution in [3.8, 4) is 11.3 Å². The normalized spacial score (nSPS) is 14.6. The van der Waals surface area contributed by atoms with Gasteiger partial charge in [0.25, 0.3) is 11.6 Å². The van der Waals surface area contributed by atoms with E-state index in [-0.39, 0.29) is 48.8 Å². The van der Waals surface area contributed by atoms with Gasteiger partial charge in [0.05, 0.1) is 26.6 Å². The number of anilines is 1. The molecule has 1 saturated heterocycles. The monoisotopic (exact) mass is 496 g/mol. The number of nitro benzene ring substituents is 1. The van der Waals surface area contributed by atoms with E-state index >= 15 is 0 Å². The molecule has 0 atom stereocenters. The minimum atomic E-state index is -1.29. The highest BCUT2D eigenvalue weighted by molar-refractivity contribution is 8.27. The highest BCUT2D eigenvalue weighted by Gasteiger charge is 2.34. The van der Waals surface area contributed by atoms with Crippen molar-refractivity contribution in [2.75, 3.05) is 4.90 Å². The molecule has 2 heterocycles. The van der Waals surface area contributed by atoms with Gasteiger partial charge in [-0.3, -0.25) is 19.8 Å². The van der Waals surface area contributed by atoms with Crippen LogP contribution in [0.4, 0.5) is 11.4 Å². The van der Waals surface area contributed by atoms with Gasteiger partial charge in [0.15, 0.2) is 4.32 Å². The number of carbonyl (C=O) groups excluding carboxylic acids is 1. The summed E-state index contributed by atoms with van der Waals surface area (Å²) in [7, 11) is 0. The first-order valence-electron chi connectivity index (χ1n) is 9.38. The van der Waals surface area contributed by atoms with Gasteiger partial charge in [-0.15, -0.1) is 0 Å². The summed E-state index contributed by atoms with van der Waals surface area (Å²) in [6.45, 7) is 0. The zero-order chi connectivity index (χ0) is 24.6. The van der Waals surface area contributed by atoms with E-state index in [0.717, 1.165) is 17.8 Å². The average molecular weight is 496 g/mol. The van der Waals surface area contributed by atoms with E-state index in [9.17, 15) is 34.7 Å². The van der Waals surface area contributed by atoms with Crippen molar-refractivity contribution in [3.63, 3.8) is 0 Å². The van der Waals surface area contributed by atoms with Crippen LogP contribution in [0.2, 0.25) is 0 Å². The van der Waals surface area contributed by atoms with Crippen molar-refractivity contribution >= 4 is 63.6 Å². The largest absolute Gasteiger partial charge is 0.478 e. The van der Waals surface area contributed by atoms with Crippen LogP contribution in [0.5, 0.6) is 0 Å². The average Bonchev–Trinajstić information content (AvgIpc) is 3.37. The summed E-state index contributed by atoms with van der Waals surface area (Å²) >= 11 is 6.26. The van der Waals surface area contributed by atoms with Crippen LogP contribution >= 0.6 is 24.0 Å². The van der Waals surface area contributed by atoms with Crippen LogP contribution in [0.25, 0.3) is 17.4 Å². The molecule has 1 fully saturated rings. The summed E-state index contributed by atoms with van der Waals surface area (Å²) in [5, 5.41) is 29.5. The lowest BCUT2D eigenvalue weighted by atomic mass is 10.0. The Balaban J connectivity index is 1.64. The maximum atomic E-state index is 12.9. The molecule has 1 amide bonds. The minimum Gasteiger partial charge on any atom is -0.478 e. The Kier molecular flexibility index (Phi) is 6.01. The Labute approximate surface area is 200 Å². The molecule has 1 aliphatic heterocycles. The summed E-state index contributed by atoms with van der Waals surface area (Å²) in [5.74, 6) is -2.63. The number of furan rings is 1. The molecule has 10 nitrogen and oxygen atoms in total. The first kappa shape index (κ1) is 22.9. The molecule has 2 N–H and O–H groups in total. The van der Waals surface area contributed by atoms with Crippen molar-refractivity contribution in [2.45, 2.75) is 0 Å². The number of rotatable bonds is 6. The number of non-ortho nitro benzene ring substituents is 1. The van der Waals surface area contributed by atoms with E-state index in [2.05, 4.69) is 0 Å². The Bertz CT molecular complexity index is 1390. The minimum absolute atomic E-state index is 0.184. The van der Waals surface area contributed by atoms with Gasteiger partial charge in [0.2, 0.25) is 0 Å². The molecule has 4 rings (SSSR count). The predicted molar refractivity (Wildman–Crippen MR) is 127 cm³/mol. The number of hydrogen-bond donors (Lipinski definition) is 2. The Hall–Kier alpha value is -4.29. The van der Waals surface area contributed by atoms with Crippen LogP contribution in [0.3, 0.4) is 0 Å². The number of nitrogens with zero attached hydrogens (tertiary/aromatic N) is 2. The third-order valence-corrected chi connectivity index (χ3v) is 6.01. The number of aromatic carboxylic acids is 2. The molecular formula is C22H12N2O8S2. The summed E-state index contributed by atoms with van der Waals surface area (Å²) in [6.07, 6.45) is 1.43. The predicted octanol–water partition coefficient (Wildman–Crippen LogP) is 4.66. The highest BCUT2D eigenvalue weighted by atomic mass is 32.2. The third kappa shape index (κ3) is 4.44. The van der Waals surface area contributed by atoms with Crippen molar-refractivity contribution in [3.05, 3.63) is 86.5 Å². The van der Waals surface area contributed by atoms with Gasteiger partial charge >= 0.3 is 11.9 Å². The van der Waals surface area contributed by atoms with Crippen LogP contribution in [0, 0.1) is 10.1 Å². The van der Waals surface area contributed by atoms with E-state index in [4.69, 9.17) is 16.6 Å². The fourth-order valence-electron chi connectivity index (χ4n) is 3.17. The Morgan fingerprint density at radius 1 is 1.06 bits per heavy atom. The lowest BCUT2D eigenvalue weighted by Crippen LogP contribution is -2.27. The summed E-state index contributed by atoms with van der Waals surface area (Å²) in [6, 6.07) is 12.2. The fraction of sp³-hybridized carbons (Fsp3) is 0. The van der Waals surface area contributed by atoms with Gasteiger partial charge in [-0.1, -0.05) is 30.0 Å². The lowest BCUT2D eigenvalue weighted by Gasteiger charge is -2.13. The molecule has 0 spiro atoms. The molecule has 12 heteroatoms. The molecule has 0 unspecified atom stereocenters. The SMILES string of the molecule is O=C(O)c1cc(C(=O)O)cc(-c2ccc(C=C3SC(=S)N(c4cccc([N+](=O)[O-])c4)C3=O)o2)c1. The number of amides is 1. The number of thiocarbonyl (C=S) groups is 1. The third-order valence-electron chi connectivity index (χ3n) is 4.70. The first-order valence-corrected chi connectivity index (χ1v) is 10.6. The number of carbonyl (C=O) groups is 3. The molecule has 3 aromatic rings. The second-order valence-corrected chi connectivity index (χ2v) is 8.58. The van der Waals surface area contributed by atoms with Crippen molar-refractivity contribution < 1.29 is 33.9 Å². The molecule has 0 radical (unpaired) electrons. The lowest BCUT2D eigenvalue weighted by molar-refractivity contribution is -0.384. The van der Waals surface area contributed by atoms with Gasteiger partial charge in [-0.25, -0.2) is 9.59 Å². The van der Waals surface area contributed by atoms with Crippen molar-refractivity contribution in [1.82, 2.24) is 0 Å². The number of thioether (sulfide) groups is 1. The second-order valence-electron chi connectivity index (χ2n) is 6.91. The van der Waals surface area contributed by atoms with E-state index in [1.54, 1.807) is 0 Å². The molecule has 1 aromatic heterocycles. The second kappa shape index (κ2) is 8.92. The van der Waals surface area contributed by atoms with Crippen LogP contribution in [-0.2, 0) is 4.79 Å². The van der Waals surface area contributed by atoms with Gasteiger partial charge in [-0.05, 0) is 36.4 Å². The smallest absolute Gasteiger partial charge is 0.335 e. The van der Waals surface area contributed by atoms with Crippen LogP contribution in [0.1, 0.15) is 26.5 Å². The van der Waals surface area contributed by atoms with E-state index in [0.29, 0.717) is 0 Å². The van der Waals surface area contributed by atoms with Crippen molar-refractivity contribution in [2.24, 2.45) is 0 Å². The molecule has 0 aliphatic carbocycles. The van der Waals surface area contributed by atoms with E-state index < -0.39 is 22.8 Å². The molecule has 0 saturated carbocycles. The van der Waals surface area contributed by atoms with Crippen LogP contribution in [-0.4, -0.2) is 37.3 Å².